The Morgan fingerprint density at radius 2 is 1.78 bits per heavy atom. The average Bonchev–Trinajstić information content (AvgIpc) is 2.91. The van der Waals surface area contributed by atoms with Crippen LogP contribution < -0.4 is 20.7 Å². The van der Waals surface area contributed by atoms with Crippen molar-refractivity contribution in [2.75, 3.05) is 47.4 Å². The standard InChI is InChI=1S/C31H51N5O5/c1-22-28(37)19-31(40)34-26(9-5-6-14-35(2)3)18-29(38)32-13-11-25-21-36(15-12-24(25)17-30(39)33-22)20-23-8-7-10-27(16-23)41-4/h7-8,10,16,22,24-26,28,37H,5-6,9,11-15,17-21H2,1-4H3,(H,32,38)(H,33,39)(H,34,40)/t22-,24-,25-,26-,28-/m0/s1. The third-order valence-electron chi connectivity index (χ3n) is 8.37. The molecular formula is C31H51N5O5. The SMILES string of the molecule is COc1cccc(CN2CC[C@H]3CC(=O)N[C@@H](C)[C@@H](O)CC(=O)N[C@@H](CCCCN(C)C)CC(=O)NCC[C@H]3C2)c1. The minimum atomic E-state index is -1.00. The number of amides is 3. The number of aliphatic hydroxyl groups excluding tert-OH is 1. The molecule has 0 unspecified atom stereocenters. The van der Waals surface area contributed by atoms with Crippen LogP contribution in [0.3, 0.4) is 0 Å². The first-order valence-corrected chi connectivity index (χ1v) is 15.2. The summed E-state index contributed by atoms with van der Waals surface area (Å²) in [5.74, 6) is 0.767. The fourth-order valence-corrected chi connectivity index (χ4v) is 5.96. The summed E-state index contributed by atoms with van der Waals surface area (Å²) in [6, 6.07) is 7.26. The Labute approximate surface area is 245 Å². The van der Waals surface area contributed by atoms with Crippen LogP contribution in [0.15, 0.2) is 24.3 Å². The van der Waals surface area contributed by atoms with Gasteiger partial charge in [0.1, 0.15) is 5.75 Å². The maximum atomic E-state index is 13.0. The molecule has 3 rings (SSSR count). The number of rotatable bonds is 8. The molecule has 0 spiro atoms. The van der Waals surface area contributed by atoms with Crippen molar-refractivity contribution in [3.8, 4) is 5.75 Å². The molecule has 2 aliphatic heterocycles. The number of carbonyl (C=O) groups is 3. The van der Waals surface area contributed by atoms with Crippen LogP contribution in [0.5, 0.6) is 5.75 Å². The van der Waals surface area contributed by atoms with Gasteiger partial charge in [-0.25, -0.2) is 0 Å². The fourth-order valence-electron chi connectivity index (χ4n) is 5.96. The van der Waals surface area contributed by atoms with E-state index in [9.17, 15) is 19.5 Å². The van der Waals surface area contributed by atoms with Gasteiger partial charge in [-0.15, -0.1) is 0 Å². The third-order valence-corrected chi connectivity index (χ3v) is 8.37. The Bertz CT molecular complexity index is 989. The van der Waals surface area contributed by atoms with Crippen molar-refractivity contribution >= 4 is 17.7 Å². The molecular weight excluding hydrogens is 522 g/mol. The summed E-state index contributed by atoms with van der Waals surface area (Å²) in [6.07, 6.45) is 3.66. The number of nitrogens with one attached hydrogen (secondary N) is 3. The topological polar surface area (TPSA) is 123 Å². The van der Waals surface area contributed by atoms with Gasteiger partial charge in [0.25, 0.3) is 0 Å². The highest BCUT2D eigenvalue weighted by Crippen LogP contribution is 2.30. The monoisotopic (exact) mass is 573 g/mol. The van der Waals surface area contributed by atoms with Crippen molar-refractivity contribution in [1.82, 2.24) is 25.8 Å². The Hall–Kier alpha value is -2.69. The van der Waals surface area contributed by atoms with Crippen molar-refractivity contribution in [1.29, 1.82) is 0 Å². The van der Waals surface area contributed by atoms with Crippen LogP contribution in [0.1, 0.15) is 63.9 Å². The Balaban J connectivity index is 1.67. The first-order valence-electron chi connectivity index (χ1n) is 15.2. The average molecular weight is 574 g/mol. The van der Waals surface area contributed by atoms with E-state index in [1.54, 1.807) is 14.0 Å². The fraction of sp³-hybridized carbons (Fsp3) is 0.710. The van der Waals surface area contributed by atoms with Gasteiger partial charge < -0.3 is 30.7 Å². The number of fused-ring (bicyclic) bond motifs is 1. The highest BCUT2D eigenvalue weighted by Gasteiger charge is 2.32. The van der Waals surface area contributed by atoms with E-state index in [1.807, 2.05) is 26.2 Å². The number of nitrogens with zero attached hydrogens (tertiary/aromatic N) is 2. The number of ether oxygens (including phenoxy) is 1. The van der Waals surface area contributed by atoms with Crippen molar-refractivity contribution in [3.63, 3.8) is 0 Å². The summed E-state index contributed by atoms with van der Waals surface area (Å²) in [6.45, 7) is 5.74. The second kappa shape index (κ2) is 16.7. The lowest BCUT2D eigenvalue weighted by atomic mass is 9.80. The second-order valence-corrected chi connectivity index (χ2v) is 12.1. The number of hydrogen-bond donors (Lipinski definition) is 4. The Kier molecular flexibility index (Phi) is 13.3. The molecule has 5 atom stereocenters. The highest BCUT2D eigenvalue weighted by molar-refractivity contribution is 5.80. The summed E-state index contributed by atoms with van der Waals surface area (Å²) in [7, 11) is 5.72. The largest absolute Gasteiger partial charge is 0.497 e. The molecule has 10 heteroatoms. The number of hydrogen-bond acceptors (Lipinski definition) is 7. The molecule has 41 heavy (non-hydrogen) atoms. The van der Waals surface area contributed by atoms with E-state index < -0.39 is 12.1 Å². The van der Waals surface area contributed by atoms with E-state index in [2.05, 4.69) is 37.9 Å². The predicted octanol–water partition coefficient (Wildman–Crippen LogP) is 1.91. The molecule has 1 aromatic rings. The van der Waals surface area contributed by atoms with E-state index in [0.29, 0.717) is 19.4 Å². The predicted molar refractivity (Wildman–Crippen MR) is 159 cm³/mol. The zero-order valence-corrected chi connectivity index (χ0v) is 25.4. The molecule has 0 aliphatic carbocycles. The summed E-state index contributed by atoms with van der Waals surface area (Å²) < 4.78 is 5.39. The minimum Gasteiger partial charge on any atom is -0.497 e. The maximum absolute atomic E-state index is 13.0. The molecule has 0 radical (unpaired) electrons. The number of aliphatic hydroxyl groups is 1. The van der Waals surface area contributed by atoms with E-state index >= 15 is 0 Å². The van der Waals surface area contributed by atoms with Crippen molar-refractivity contribution in [3.05, 3.63) is 29.8 Å². The van der Waals surface area contributed by atoms with Gasteiger partial charge in [0.15, 0.2) is 0 Å². The third kappa shape index (κ3) is 11.6. The maximum Gasteiger partial charge on any atom is 0.222 e. The van der Waals surface area contributed by atoms with E-state index in [0.717, 1.165) is 57.6 Å². The molecule has 2 aliphatic rings. The zero-order chi connectivity index (χ0) is 29.8. The van der Waals surface area contributed by atoms with Crippen molar-refractivity contribution in [2.24, 2.45) is 11.8 Å². The van der Waals surface area contributed by atoms with Crippen LogP contribution in [0.4, 0.5) is 0 Å². The van der Waals surface area contributed by atoms with Crippen LogP contribution in [0.2, 0.25) is 0 Å². The minimum absolute atomic E-state index is 0.0812. The molecule has 4 N–H and O–H groups in total. The molecule has 0 bridgehead atoms. The summed E-state index contributed by atoms with van der Waals surface area (Å²) in [4.78, 5) is 43.2. The van der Waals surface area contributed by atoms with Gasteiger partial charge in [-0.2, -0.15) is 0 Å². The zero-order valence-electron chi connectivity index (χ0n) is 25.4. The molecule has 10 nitrogen and oxygen atoms in total. The van der Waals surface area contributed by atoms with Crippen molar-refractivity contribution < 1.29 is 24.2 Å². The Morgan fingerprint density at radius 3 is 2.54 bits per heavy atom. The lowest BCUT2D eigenvalue weighted by Gasteiger charge is -2.39. The number of likely N-dealkylation sites (tertiary alicyclic amines) is 1. The van der Waals surface area contributed by atoms with Gasteiger partial charge >= 0.3 is 0 Å². The van der Waals surface area contributed by atoms with Crippen LogP contribution in [-0.2, 0) is 20.9 Å². The molecule has 2 fully saturated rings. The number of benzene rings is 1. The lowest BCUT2D eigenvalue weighted by molar-refractivity contribution is -0.128. The van der Waals surface area contributed by atoms with E-state index in [4.69, 9.17) is 4.74 Å². The summed E-state index contributed by atoms with van der Waals surface area (Å²) in [5.41, 5.74) is 1.18. The van der Waals surface area contributed by atoms with Gasteiger partial charge in [-0.3, -0.25) is 19.3 Å². The molecule has 2 heterocycles. The molecule has 230 valence electrons. The number of methoxy groups -OCH3 is 1. The van der Waals surface area contributed by atoms with Gasteiger partial charge in [0, 0.05) is 38.5 Å². The highest BCUT2D eigenvalue weighted by atomic mass is 16.5. The normalized spacial score (nSPS) is 27.5. The van der Waals surface area contributed by atoms with Crippen LogP contribution in [0, 0.1) is 11.8 Å². The van der Waals surface area contributed by atoms with E-state index in [1.165, 1.54) is 5.56 Å². The number of piperidine rings is 1. The lowest BCUT2D eigenvalue weighted by Crippen LogP contribution is -2.48. The number of carbonyl (C=O) groups excluding carboxylic acids is 3. The van der Waals surface area contributed by atoms with E-state index in [-0.39, 0.29) is 48.4 Å². The molecule has 2 saturated heterocycles. The second-order valence-electron chi connectivity index (χ2n) is 12.1. The van der Waals surface area contributed by atoms with Crippen LogP contribution in [0.25, 0.3) is 0 Å². The molecule has 0 saturated carbocycles. The van der Waals surface area contributed by atoms with Crippen LogP contribution in [-0.4, -0.2) is 98.2 Å². The Morgan fingerprint density at radius 1 is 1.00 bits per heavy atom. The smallest absolute Gasteiger partial charge is 0.222 e. The number of unbranched alkanes of at least 4 members (excludes halogenated alkanes) is 1. The van der Waals surface area contributed by atoms with Crippen molar-refractivity contribution in [2.45, 2.75) is 83.0 Å². The molecule has 0 aromatic heterocycles. The summed E-state index contributed by atoms with van der Waals surface area (Å²) >= 11 is 0. The molecule has 1 aromatic carbocycles. The van der Waals surface area contributed by atoms with Gasteiger partial charge in [0.05, 0.1) is 25.7 Å². The first-order chi connectivity index (χ1) is 19.6. The molecule has 3 amide bonds. The van der Waals surface area contributed by atoms with Gasteiger partial charge in [-0.05, 0) is 89.3 Å². The van der Waals surface area contributed by atoms with Gasteiger partial charge in [-0.1, -0.05) is 18.6 Å². The van der Waals surface area contributed by atoms with Crippen LogP contribution >= 0.6 is 0 Å². The summed E-state index contributed by atoms with van der Waals surface area (Å²) in [5, 5.41) is 19.6. The quantitative estimate of drug-likeness (QED) is 0.351. The van der Waals surface area contributed by atoms with Gasteiger partial charge in [0.2, 0.25) is 17.7 Å². The first kappa shape index (κ1) is 32.8.